The predicted molar refractivity (Wildman–Crippen MR) is 78.6 cm³/mol. The van der Waals surface area contributed by atoms with Gasteiger partial charge in [-0.2, -0.15) is 0 Å². The average molecular weight is 284 g/mol. The molecule has 2 atom stereocenters. The largest absolute Gasteiger partial charge is 0.325 e. The fraction of sp³-hybridized carbons (Fsp3) is 0.312. The molecule has 1 heterocycles. The van der Waals surface area contributed by atoms with E-state index in [0.29, 0.717) is 24.2 Å². The third-order valence-electron chi connectivity index (χ3n) is 3.96. The van der Waals surface area contributed by atoms with E-state index in [1.165, 1.54) is 11.8 Å². The lowest BCUT2D eigenvalue weighted by molar-refractivity contribution is -0.122. The van der Waals surface area contributed by atoms with Gasteiger partial charge in [-0.15, -0.1) is 0 Å². The first-order valence-corrected chi connectivity index (χ1v) is 6.99. The van der Waals surface area contributed by atoms with Crippen LogP contribution in [0.15, 0.2) is 36.4 Å². The van der Waals surface area contributed by atoms with Crippen molar-refractivity contribution in [3.8, 4) is 0 Å². The summed E-state index contributed by atoms with van der Waals surface area (Å²) in [5.74, 6) is -1.12. The quantitative estimate of drug-likeness (QED) is 0.668. The van der Waals surface area contributed by atoms with Crippen molar-refractivity contribution in [3.05, 3.63) is 36.4 Å². The number of carbonyl (C=O) groups is 3. The molecule has 1 aromatic carbocycles. The molecule has 0 unspecified atom stereocenters. The summed E-state index contributed by atoms with van der Waals surface area (Å²) in [6.07, 6.45) is 5.12. The number of nitrogens with one attached hydrogen (secondary N) is 1. The Balaban J connectivity index is 1.99. The van der Waals surface area contributed by atoms with Gasteiger partial charge in [0.2, 0.25) is 17.7 Å². The summed E-state index contributed by atoms with van der Waals surface area (Å²) in [5, 5.41) is 2.67. The smallest absolute Gasteiger partial charge is 0.238 e. The average Bonchev–Trinajstić information content (AvgIpc) is 2.72. The molecule has 2 aliphatic rings. The van der Waals surface area contributed by atoms with Crippen molar-refractivity contribution in [2.45, 2.75) is 19.8 Å². The van der Waals surface area contributed by atoms with Crippen molar-refractivity contribution < 1.29 is 14.4 Å². The molecule has 0 aromatic heterocycles. The maximum atomic E-state index is 12.5. The molecule has 3 amide bonds. The number of hydrogen-bond donors (Lipinski definition) is 1. The number of hydrogen-bond acceptors (Lipinski definition) is 3. The van der Waals surface area contributed by atoms with E-state index in [1.54, 1.807) is 24.3 Å². The molecule has 0 radical (unpaired) electrons. The SMILES string of the molecule is CC(=O)Nc1ccccc1N1C(=O)[C@@H]2CC=CC[C@H]2C1=O. The second-order valence-corrected chi connectivity index (χ2v) is 5.37. The van der Waals surface area contributed by atoms with Crippen LogP contribution in [0.2, 0.25) is 0 Å². The first-order chi connectivity index (χ1) is 10.1. The molecule has 1 aliphatic carbocycles. The Morgan fingerprint density at radius 3 is 2.24 bits per heavy atom. The summed E-state index contributed by atoms with van der Waals surface area (Å²) in [7, 11) is 0. The molecule has 21 heavy (non-hydrogen) atoms. The molecule has 5 nitrogen and oxygen atoms in total. The molecular formula is C16H16N2O3. The van der Waals surface area contributed by atoms with Gasteiger partial charge in [0.25, 0.3) is 0 Å². The Kier molecular flexibility index (Phi) is 3.33. The molecule has 3 rings (SSSR count). The zero-order chi connectivity index (χ0) is 15.0. The van der Waals surface area contributed by atoms with E-state index < -0.39 is 0 Å². The number of rotatable bonds is 2. The normalized spacial score (nSPS) is 24.1. The standard InChI is InChI=1S/C16H16N2O3/c1-10(19)17-13-8-4-5-9-14(13)18-15(20)11-6-2-3-7-12(11)16(18)21/h2-5,8-9,11-12H,6-7H2,1H3,(H,17,19)/t11-,12-/m1/s1. The van der Waals surface area contributed by atoms with Gasteiger partial charge in [-0.1, -0.05) is 24.3 Å². The fourth-order valence-electron chi connectivity index (χ4n) is 3.00. The Bertz CT molecular complexity index is 625. The van der Waals surface area contributed by atoms with Gasteiger partial charge in [0.05, 0.1) is 23.2 Å². The van der Waals surface area contributed by atoms with Crippen molar-refractivity contribution in [2.24, 2.45) is 11.8 Å². The highest BCUT2D eigenvalue weighted by Gasteiger charge is 2.48. The van der Waals surface area contributed by atoms with Gasteiger partial charge >= 0.3 is 0 Å². The highest BCUT2D eigenvalue weighted by atomic mass is 16.2. The highest BCUT2D eigenvalue weighted by molar-refractivity contribution is 6.23. The van der Waals surface area contributed by atoms with Crippen LogP contribution in [0.4, 0.5) is 11.4 Å². The van der Waals surface area contributed by atoms with Crippen LogP contribution in [0.1, 0.15) is 19.8 Å². The fourth-order valence-corrected chi connectivity index (χ4v) is 3.00. The van der Waals surface area contributed by atoms with Crippen molar-refractivity contribution in [3.63, 3.8) is 0 Å². The molecule has 1 saturated heterocycles. The topological polar surface area (TPSA) is 66.5 Å². The number of imide groups is 1. The van der Waals surface area contributed by atoms with E-state index in [4.69, 9.17) is 0 Å². The van der Waals surface area contributed by atoms with Gasteiger partial charge in [0, 0.05) is 6.92 Å². The van der Waals surface area contributed by atoms with E-state index in [9.17, 15) is 14.4 Å². The zero-order valence-electron chi connectivity index (χ0n) is 11.7. The van der Waals surface area contributed by atoms with Crippen LogP contribution in [0.5, 0.6) is 0 Å². The van der Waals surface area contributed by atoms with Crippen LogP contribution in [0, 0.1) is 11.8 Å². The number of benzene rings is 1. The predicted octanol–water partition coefficient (Wildman–Crippen LogP) is 2.10. The number of nitrogens with zero attached hydrogens (tertiary/aromatic N) is 1. The van der Waals surface area contributed by atoms with Crippen LogP contribution in [-0.4, -0.2) is 17.7 Å². The maximum absolute atomic E-state index is 12.5. The molecule has 0 spiro atoms. The monoisotopic (exact) mass is 284 g/mol. The van der Waals surface area contributed by atoms with Gasteiger partial charge < -0.3 is 5.32 Å². The second-order valence-electron chi connectivity index (χ2n) is 5.37. The lowest BCUT2D eigenvalue weighted by Gasteiger charge is -2.18. The third kappa shape index (κ3) is 2.24. The minimum absolute atomic E-state index is 0.174. The molecule has 108 valence electrons. The Morgan fingerprint density at radius 2 is 1.67 bits per heavy atom. The molecular weight excluding hydrogens is 268 g/mol. The lowest BCUT2D eigenvalue weighted by atomic mass is 9.85. The van der Waals surface area contributed by atoms with Gasteiger partial charge in [-0.25, -0.2) is 4.90 Å². The first kappa shape index (κ1) is 13.5. The molecule has 1 aromatic rings. The van der Waals surface area contributed by atoms with Crippen LogP contribution in [0.25, 0.3) is 0 Å². The lowest BCUT2D eigenvalue weighted by Crippen LogP contribution is -2.31. The molecule has 5 heteroatoms. The minimum atomic E-state index is -0.270. The van der Waals surface area contributed by atoms with Gasteiger partial charge in [-0.05, 0) is 25.0 Å². The summed E-state index contributed by atoms with van der Waals surface area (Å²) in [5.41, 5.74) is 0.940. The molecule has 0 bridgehead atoms. The molecule has 0 saturated carbocycles. The van der Waals surface area contributed by atoms with Crippen molar-refractivity contribution >= 4 is 29.1 Å². The van der Waals surface area contributed by atoms with E-state index in [0.717, 1.165) is 0 Å². The van der Waals surface area contributed by atoms with Gasteiger partial charge in [-0.3, -0.25) is 14.4 Å². The van der Waals surface area contributed by atoms with E-state index >= 15 is 0 Å². The van der Waals surface area contributed by atoms with E-state index in [2.05, 4.69) is 5.32 Å². The Morgan fingerprint density at radius 1 is 1.10 bits per heavy atom. The van der Waals surface area contributed by atoms with Gasteiger partial charge in [0.15, 0.2) is 0 Å². The van der Waals surface area contributed by atoms with Crippen LogP contribution >= 0.6 is 0 Å². The van der Waals surface area contributed by atoms with Crippen LogP contribution in [0.3, 0.4) is 0 Å². The summed E-state index contributed by atoms with van der Waals surface area (Å²) < 4.78 is 0. The van der Waals surface area contributed by atoms with E-state index in [-0.39, 0.29) is 29.6 Å². The molecule has 1 aliphatic heterocycles. The van der Waals surface area contributed by atoms with Crippen molar-refractivity contribution in [1.82, 2.24) is 0 Å². The number of allylic oxidation sites excluding steroid dienone is 2. The van der Waals surface area contributed by atoms with Crippen LogP contribution < -0.4 is 10.2 Å². The highest BCUT2D eigenvalue weighted by Crippen LogP contribution is 2.39. The molecule has 1 fully saturated rings. The second kappa shape index (κ2) is 5.16. The van der Waals surface area contributed by atoms with Crippen molar-refractivity contribution in [1.29, 1.82) is 0 Å². The van der Waals surface area contributed by atoms with E-state index in [1.807, 2.05) is 12.2 Å². The number of amides is 3. The first-order valence-electron chi connectivity index (χ1n) is 6.99. The number of carbonyl (C=O) groups excluding carboxylic acids is 3. The van der Waals surface area contributed by atoms with Crippen LogP contribution in [-0.2, 0) is 14.4 Å². The number of fused-ring (bicyclic) bond motifs is 1. The molecule has 1 N–H and O–H groups in total. The van der Waals surface area contributed by atoms with Crippen molar-refractivity contribution in [2.75, 3.05) is 10.2 Å². The minimum Gasteiger partial charge on any atom is -0.325 e. The van der Waals surface area contributed by atoms with Gasteiger partial charge in [0.1, 0.15) is 0 Å². The number of para-hydroxylation sites is 2. The third-order valence-corrected chi connectivity index (χ3v) is 3.96. The summed E-state index contributed by atoms with van der Waals surface area (Å²) in [6, 6.07) is 6.89. The maximum Gasteiger partial charge on any atom is 0.238 e. The Labute approximate surface area is 122 Å². The summed E-state index contributed by atoms with van der Waals surface area (Å²) in [6.45, 7) is 1.40. The Hall–Kier alpha value is -2.43. The summed E-state index contributed by atoms with van der Waals surface area (Å²) in [4.78, 5) is 37.6. The number of anilines is 2. The zero-order valence-corrected chi connectivity index (χ0v) is 11.7. The summed E-state index contributed by atoms with van der Waals surface area (Å²) >= 11 is 0.